The number of rotatable bonds is 7. The lowest BCUT2D eigenvalue weighted by Crippen LogP contribution is -2.42. The number of benzene rings is 2. The van der Waals surface area contributed by atoms with Crippen molar-refractivity contribution in [3.63, 3.8) is 0 Å². The zero-order valence-electron chi connectivity index (χ0n) is 16.5. The van der Waals surface area contributed by atoms with Crippen molar-refractivity contribution in [3.8, 4) is 11.5 Å². The van der Waals surface area contributed by atoms with Gasteiger partial charge in [-0.15, -0.1) is 0 Å². The molecule has 0 bridgehead atoms. The second-order valence-corrected chi connectivity index (χ2v) is 7.40. The number of ether oxygens (including phenoxy) is 2. The van der Waals surface area contributed by atoms with Crippen LogP contribution in [0.3, 0.4) is 0 Å². The number of methoxy groups -OCH3 is 1. The highest BCUT2D eigenvalue weighted by molar-refractivity contribution is 5.74. The molecule has 0 fully saturated rings. The Balaban J connectivity index is 2.04. The van der Waals surface area contributed by atoms with Gasteiger partial charge < -0.3 is 20.1 Å². The second-order valence-electron chi connectivity index (χ2n) is 7.40. The molecule has 2 rings (SSSR count). The van der Waals surface area contributed by atoms with Gasteiger partial charge in [0.05, 0.1) is 13.2 Å². The van der Waals surface area contributed by atoms with Gasteiger partial charge in [-0.1, -0.05) is 57.2 Å². The molecule has 0 saturated heterocycles. The molecule has 152 valence electrons. The van der Waals surface area contributed by atoms with E-state index in [-0.39, 0.29) is 35.5 Å². The molecule has 0 saturated carbocycles. The molecule has 2 aromatic rings. The van der Waals surface area contributed by atoms with E-state index in [0.29, 0.717) is 5.56 Å². The predicted molar refractivity (Wildman–Crippen MR) is 104 cm³/mol. The van der Waals surface area contributed by atoms with Gasteiger partial charge in [0.25, 0.3) is 0 Å². The first-order valence-electron chi connectivity index (χ1n) is 8.91. The molecule has 1 atom stereocenters. The van der Waals surface area contributed by atoms with Crippen molar-refractivity contribution in [2.75, 3.05) is 7.11 Å². The van der Waals surface area contributed by atoms with Gasteiger partial charge in [-0.25, -0.2) is 4.79 Å². The summed E-state index contributed by atoms with van der Waals surface area (Å²) < 4.78 is 34.6. The standard InChI is InChI=1S/C21H26F2N2O3/c1-21(2,3)18(15-8-6-5-7-9-15)25-20(26)24-13-14-10-11-16(27-4)17(12-14)28-19(22)23/h5-12,18-19H,13H2,1-4H3,(H2,24,25,26). The van der Waals surface area contributed by atoms with Gasteiger partial charge in [-0.2, -0.15) is 8.78 Å². The minimum atomic E-state index is -2.96. The molecule has 0 aromatic heterocycles. The number of alkyl halides is 2. The Hall–Kier alpha value is -2.83. The van der Waals surface area contributed by atoms with Crippen LogP contribution in [0.1, 0.15) is 37.9 Å². The molecule has 0 heterocycles. The Morgan fingerprint density at radius 1 is 1.07 bits per heavy atom. The number of urea groups is 1. The van der Waals surface area contributed by atoms with E-state index < -0.39 is 6.61 Å². The Kier molecular flexibility index (Phi) is 7.20. The van der Waals surface area contributed by atoms with Gasteiger partial charge >= 0.3 is 12.6 Å². The molecule has 0 spiro atoms. The van der Waals surface area contributed by atoms with Crippen molar-refractivity contribution in [2.24, 2.45) is 5.41 Å². The number of hydrogen-bond donors (Lipinski definition) is 2. The largest absolute Gasteiger partial charge is 0.493 e. The van der Waals surface area contributed by atoms with Crippen LogP contribution in [0.5, 0.6) is 11.5 Å². The molecule has 0 aliphatic rings. The molecular formula is C21H26F2N2O3. The normalized spacial score (nSPS) is 12.4. The number of nitrogens with one attached hydrogen (secondary N) is 2. The first-order chi connectivity index (χ1) is 13.2. The van der Waals surface area contributed by atoms with E-state index in [1.165, 1.54) is 19.2 Å². The van der Waals surface area contributed by atoms with Crippen LogP contribution in [0.25, 0.3) is 0 Å². The fourth-order valence-electron chi connectivity index (χ4n) is 2.83. The van der Waals surface area contributed by atoms with E-state index in [1.807, 2.05) is 51.1 Å². The zero-order chi connectivity index (χ0) is 20.7. The number of amides is 2. The highest BCUT2D eigenvalue weighted by Gasteiger charge is 2.27. The molecule has 2 amide bonds. The van der Waals surface area contributed by atoms with E-state index in [4.69, 9.17) is 4.74 Å². The maximum absolute atomic E-state index is 12.5. The summed E-state index contributed by atoms with van der Waals surface area (Å²) in [5, 5.41) is 5.74. The SMILES string of the molecule is COc1ccc(CNC(=O)NC(c2ccccc2)C(C)(C)C)cc1OC(F)F. The van der Waals surface area contributed by atoms with Gasteiger partial charge in [-0.3, -0.25) is 0 Å². The van der Waals surface area contributed by atoms with Crippen molar-refractivity contribution in [3.05, 3.63) is 59.7 Å². The quantitative estimate of drug-likeness (QED) is 0.706. The fourth-order valence-corrected chi connectivity index (χ4v) is 2.83. The van der Waals surface area contributed by atoms with E-state index >= 15 is 0 Å². The van der Waals surface area contributed by atoms with E-state index in [1.54, 1.807) is 6.07 Å². The monoisotopic (exact) mass is 392 g/mol. The van der Waals surface area contributed by atoms with Crippen LogP contribution in [-0.4, -0.2) is 19.8 Å². The average molecular weight is 392 g/mol. The van der Waals surface area contributed by atoms with Crippen LogP contribution in [0, 0.1) is 5.41 Å². The molecule has 0 aliphatic carbocycles. The van der Waals surface area contributed by atoms with Crippen LogP contribution >= 0.6 is 0 Å². The third-order valence-electron chi connectivity index (χ3n) is 4.17. The molecule has 28 heavy (non-hydrogen) atoms. The molecular weight excluding hydrogens is 366 g/mol. The number of carbonyl (C=O) groups is 1. The lowest BCUT2D eigenvalue weighted by molar-refractivity contribution is -0.0512. The van der Waals surface area contributed by atoms with Crippen molar-refractivity contribution in [1.82, 2.24) is 10.6 Å². The second kappa shape index (κ2) is 9.39. The van der Waals surface area contributed by atoms with Gasteiger partial charge in [0.1, 0.15) is 0 Å². The van der Waals surface area contributed by atoms with Gasteiger partial charge in [0, 0.05) is 6.54 Å². The molecule has 0 aliphatic heterocycles. The van der Waals surface area contributed by atoms with Crippen LogP contribution < -0.4 is 20.1 Å². The van der Waals surface area contributed by atoms with Crippen molar-refractivity contribution in [2.45, 2.75) is 40.0 Å². The highest BCUT2D eigenvalue weighted by Crippen LogP contribution is 2.32. The molecule has 0 radical (unpaired) electrons. The van der Waals surface area contributed by atoms with Crippen LogP contribution in [0.4, 0.5) is 13.6 Å². The summed E-state index contributed by atoms with van der Waals surface area (Å²) >= 11 is 0. The third kappa shape index (κ3) is 6.11. The Morgan fingerprint density at radius 2 is 1.75 bits per heavy atom. The molecule has 7 heteroatoms. The summed E-state index contributed by atoms with van der Waals surface area (Å²) in [5.74, 6) is 0.124. The summed E-state index contributed by atoms with van der Waals surface area (Å²) in [6.45, 7) is 3.33. The average Bonchev–Trinajstić information content (AvgIpc) is 2.64. The highest BCUT2D eigenvalue weighted by atomic mass is 19.3. The molecule has 2 N–H and O–H groups in total. The number of hydrogen-bond acceptors (Lipinski definition) is 3. The van der Waals surface area contributed by atoms with E-state index in [0.717, 1.165) is 5.56 Å². The van der Waals surface area contributed by atoms with Crippen LogP contribution in [0.15, 0.2) is 48.5 Å². The Labute approximate surface area is 164 Å². The zero-order valence-corrected chi connectivity index (χ0v) is 16.5. The van der Waals surface area contributed by atoms with Crippen molar-refractivity contribution in [1.29, 1.82) is 0 Å². The maximum atomic E-state index is 12.5. The molecule has 1 unspecified atom stereocenters. The predicted octanol–water partition coefficient (Wildman–Crippen LogP) is 4.88. The van der Waals surface area contributed by atoms with Gasteiger partial charge in [-0.05, 0) is 28.7 Å². The lowest BCUT2D eigenvalue weighted by Gasteiger charge is -2.32. The van der Waals surface area contributed by atoms with Crippen molar-refractivity contribution >= 4 is 6.03 Å². The van der Waals surface area contributed by atoms with Gasteiger partial charge in [0.15, 0.2) is 11.5 Å². The van der Waals surface area contributed by atoms with E-state index in [2.05, 4.69) is 15.4 Å². The molecule has 2 aromatic carbocycles. The summed E-state index contributed by atoms with van der Waals surface area (Å²) in [7, 11) is 1.37. The van der Waals surface area contributed by atoms with Gasteiger partial charge in [0.2, 0.25) is 0 Å². The first-order valence-corrected chi connectivity index (χ1v) is 8.91. The summed E-state index contributed by atoms with van der Waals surface area (Å²) in [6, 6.07) is 13.8. The fraction of sp³-hybridized carbons (Fsp3) is 0.381. The number of carbonyl (C=O) groups excluding carboxylic acids is 1. The minimum absolute atomic E-state index is 0.0749. The number of halogens is 2. The Morgan fingerprint density at radius 3 is 2.32 bits per heavy atom. The maximum Gasteiger partial charge on any atom is 0.387 e. The van der Waals surface area contributed by atoms with Crippen LogP contribution in [0.2, 0.25) is 0 Å². The van der Waals surface area contributed by atoms with Crippen LogP contribution in [-0.2, 0) is 6.54 Å². The Bertz CT molecular complexity index is 777. The summed E-state index contributed by atoms with van der Waals surface area (Å²) in [4.78, 5) is 12.4. The third-order valence-corrected chi connectivity index (χ3v) is 4.17. The first kappa shape index (κ1) is 21.5. The smallest absolute Gasteiger partial charge is 0.387 e. The van der Waals surface area contributed by atoms with Crippen molar-refractivity contribution < 1.29 is 23.0 Å². The van der Waals surface area contributed by atoms with E-state index in [9.17, 15) is 13.6 Å². The topological polar surface area (TPSA) is 59.6 Å². The summed E-state index contributed by atoms with van der Waals surface area (Å²) in [6.07, 6.45) is 0. The minimum Gasteiger partial charge on any atom is -0.493 e. The lowest BCUT2D eigenvalue weighted by atomic mass is 9.82. The summed E-state index contributed by atoms with van der Waals surface area (Å²) in [5.41, 5.74) is 1.41. The molecule has 5 nitrogen and oxygen atoms in total.